The van der Waals surface area contributed by atoms with Gasteiger partial charge in [-0.3, -0.25) is 0 Å². The minimum absolute atomic E-state index is 0.177. The minimum Gasteiger partial charge on any atom is -0.396 e. The van der Waals surface area contributed by atoms with Crippen LogP contribution in [0, 0.1) is 5.41 Å². The van der Waals surface area contributed by atoms with Crippen LogP contribution in [-0.2, 0) is 6.54 Å². The van der Waals surface area contributed by atoms with Gasteiger partial charge in [-0.1, -0.05) is 20.8 Å². The smallest absolute Gasteiger partial charge is 0.0701 e. The molecule has 0 saturated heterocycles. The van der Waals surface area contributed by atoms with E-state index in [2.05, 4.69) is 53.5 Å². The van der Waals surface area contributed by atoms with Gasteiger partial charge >= 0.3 is 0 Å². The molecule has 0 fully saturated rings. The molecule has 0 radical (unpaired) electrons. The van der Waals surface area contributed by atoms with Crippen molar-refractivity contribution in [2.24, 2.45) is 5.41 Å². The van der Waals surface area contributed by atoms with Crippen molar-refractivity contribution in [3.8, 4) is 0 Å². The van der Waals surface area contributed by atoms with E-state index in [1.165, 1.54) is 9.35 Å². The van der Waals surface area contributed by atoms with Gasteiger partial charge in [0.25, 0.3) is 0 Å². The Balaban J connectivity index is 2.50. The van der Waals surface area contributed by atoms with Crippen LogP contribution in [-0.4, -0.2) is 17.8 Å². The van der Waals surface area contributed by atoms with E-state index in [-0.39, 0.29) is 12.0 Å². The van der Waals surface area contributed by atoms with Crippen molar-refractivity contribution in [3.63, 3.8) is 0 Å². The predicted octanol–water partition coefficient (Wildman–Crippen LogP) is 3.40. The summed E-state index contributed by atoms with van der Waals surface area (Å²) in [4.78, 5) is 0. The standard InChI is InChI=1S/C12H20BrNOS/c1-12(2,3)10(4-5-15)14-7-9-6-11(13)16-8-9/h6,8,10,14-15H,4-5,7H2,1-3H3. The Morgan fingerprint density at radius 1 is 1.50 bits per heavy atom. The van der Waals surface area contributed by atoms with E-state index >= 15 is 0 Å². The van der Waals surface area contributed by atoms with Crippen molar-refractivity contribution >= 4 is 27.3 Å². The van der Waals surface area contributed by atoms with Crippen LogP contribution in [0.5, 0.6) is 0 Å². The lowest BCUT2D eigenvalue weighted by atomic mass is 9.85. The third-order valence-corrected chi connectivity index (χ3v) is 4.19. The Bertz CT molecular complexity index is 319. The van der Waals surface area contributed by atoms with Crippen LogP contribution in [0.2, 0.25) is 0 Å². The molecule has 0 aliphatic rings. The molecule has 0 aromatic carbocycles. The van der Waals surface area contributed by atoms with E-state index in [1.54, 1.807) is 11.3 Å². The van der Waals surface area contributed by atoms with Gasteiger partial charge in [0, 0.05) is 19.2 Å². The first-order valence-electron chi connectivity index (χ1n) is 5.50. The molecule has 92 valence electrons. The molecule has 2 N–H and O–H groups in total. The number of hydrogen-bond donors (Lipinski definition) is 2. The summed E-state index contributed by atoms with van der Waals surface area (Å²) in [5, 5.41) is 14.7. The van der Waals surface area contributed by atoms with Gasteiger partial charge in [-0.25, -0.2) is 0 Å². The molecule has 0 bridgehead atoms. The Kier molecular flexibility index (Phi) is 5.44. The summed E-state index contributed by atoms with van der Waals surface area (Å²) in [7, 11) is 0. The molecular formula is C12H20BrNOS. The molecule has 1 unspecified atom stereocenters. The fourth-order valence-electron chi connectivity index (χ4n) is 1.65. The first kappa shape index (κ1) is 14.2. The van der Waals surface area contributed by atoms with E-state index in [4.69, 9.17) is 5.11 Å². The number of rotatable bonds is 5. The van der Waals surface area contributed by atoms with E-state index in [0.717, 1.165) is 13.0 Å². The molecule has 0 aliphatic carbocycles. The summed E-state index contributed by atoms with van der Waals surface area (Å²) in [5.41, 5.74) is 1.47. The zero-order valence-corrected chi connectivity index (χ0v) is 12.5. The summed E-state index contributed by atoms with van der Waals surface area (Å²) >= 11 is 5.16. The average molecular weight is 306 g/mol. The van der Waals surface area contributed by atoms with E-state index in [0.29, 0.717) is 6.04 Å². The fourth-order valence-corrected chi connectivity index (χ4v) is 2.86. The van der Waals surface area contributed by atoms with Crippen LogP contribution in [0.15, 0.2) is 15.2 Å². The lowest BCUT2D eigenvalue weighted by Gasteiger charge is -2.31. The molecule has 0 aliphatic heterocycles. The zero-order chi connectivity index (χ0) is 12.2. The third kappa shape index (κ3) is 4.53. The molecule has 16 heavy (non-hydrogen) atoms. The molecule has 1 heterocycles. The van der Waals surface area contributed by atoms with Gasteiger partial charge < -0.3 is 10.4 Å². The van der Waals surface area contributed by atoms with Gasteiger partial charge in [0.05, 0.1) is 3.79 Å². The molecule has 2 nitrogen and oxygen atoms in total. The molecular weight excluding hydrogens is 286 g/mol. The monoisotopic (exact) mass is 305 g/mol. The Labute approximate surface area is 110 Å². The first-order chi connectivity index (χ1) is 7.43. The normalized spacial score (nSPS) is 14.1. The largest absolute Gasteiger partial charge is 0.396 e. The molecule has 0 amide bonds. The highest BCUT2D eigenvalue weighted by Crippen LogP contribution is 2.24. The lowest BCUT2D eigenvalue weighted by molar-refractivity contribution is 0.196. The maximum Gasteiger partial charge on any atom is 0.0701 e. The summed E-state index contributed by atoms with van der Waals surface area (Å²) in [5.74, 6) is 0. The number of thiophene rings is 1. The summed E-state index contributed by atoms with van der Waals surface area (Å²) < 4.78 is 1.17. The summed E-state index contributed by atoms with van der Waals surface area (Å²) in [6.07, 6.45) is 0.800. The van der Waals surface area contributed by atoms with E-state index < -0.39 is 0 Å². The Hall–Kier alpha value is 0.100. The van der Waals surface area contributed by atoms with Gasteiger partial charge in [0.1, 0.15) is 0 Å². The molecule has 0 saturated carbocycles. The fraction of sp³-hybridized carbons (Fsp3) is 0.667. The van der Waals surface area contributed by atoms with Crippen molar-refractivity contribution in [2.75, 3.05) is 6.61 Å². The second-order valence-electron chi connectivity index (χ2n) is 5.07. The van der Waals surface area contributed by atoms with E-state index in [9.17, 15) is 0 Å². The van der Waals surface area contributed by atoms with Crippen molar-refractivity contribution in [1.82, 2.24) is 5.32 Å². The molecule has 4 heteroatoms. The van der Waals surface area contributed by atoms with Gasteiger partial charge in [0.2, 0.25) is 0 Å². The van der Waals surface area contributed by atoms with Crippen LogP contribution in [0.25, 0.3) is 0 Å². The van der Waals surface area contributed by atoms with Crippen molar-refractivity contribution < 1.29 is 5.11 Å². The topological polar surface area (TPSA) is 32.3 Å². The number of nitrogens with one attached hydrogen (secondary N) is 1. The third-order valence-electron chi connectivity index (χ3n) is 2.64. The maximum atomic E-state index is 9.06. The SMILES string of the molecule is CC(C)(C)C(CCO)NCc1csc(Br)c1. The molecule has 0 spiro atoms. The molecule has 1 rings (SSSR count). The number of aliphatic hydroxyl groups excluding tert-OH is 1. The van der Waals surface area contributed by atoms with Crippen molar-refractivity contribution in [1.29, 1.82) is 0 Å². The molecule has 1 aromatic rings. The highest BCUT2D eigenvalue weighted by Gasteiger charge is 2.23. The van der Waals surface area contributed by atoms with Crippen molar-refractivity contribution in [3.05, 3.63) is 20.8 Å². The highest BCUT2D eigenvalue weighted by atomic mass is 79.9. The number of hydrogen-bond acceptors (Lipinski definition) is 3. The summed E-state index contributed by atoms with van der Waals surface area (Å²) in [6.45, 7) is 7.70. The predicted molar refractivity (Wildman–Crippen MR) is 73.8 cm³/mol. The highest BCUT2D eigenvalue weighted by molar-refractivity contribution is 9.11. The maximum absolute atomic E-state index is 9.06. The molecule has 1 atom stereocenters. The van der Waals surface area contributed by atoms with Crippen molar-refractivity contribution in [2.45, 2.75) is 39.8 Å². The van der Waals surface area contributed by atoms with Crippen LogP contribution < -0.4 is 5.32 Å². The van der Waals surface area contributed by atoms with Crippen LogP contribution >= 0.6 is 27.3 Å². The Morgan fingerprint density at radius 2 is 2.19 bits per heavy atom. The quantitative estimate of drug-likeness (QED) is 0.874. The Morgan fingerprint density at radius 3 is 2.62 bits per heavy atom. The van der Waals surface area contributed by atoms with Gasteiger partial charge in [-0.2, -0.15) is 0 Å². The van der Waals surface area contributed by atoms with E-state index in [1.807, 2.05) is 0 Å². The summed E-state index contributed by atoms with van der Waals surface area (Å²) in [6, 6.07) is 2.48. The van der Waals surface area contributed by atoms with Gasteiger partial charge in [-0.05, 0) is 44.8 Å². The first-order valence-corrected chi connectivity index (χ1v) is 7.18. The second-order valence-corrected chi connectivity index (χ2v) is 7.36. The molecule has 1 aromatic heterocycles. The van der Waals surface area contributed by atoms with Crippen LogP contribution in [0.1, 0.15) is 32.8 Å². The second kappa shape index (κ2) is 6.15. The van der Waals surface area contributed by atoms with Crippen LogP contribution in [0.4, 0.5) is 0 Å². The van der Waals surface area contributed by atoms with Gasteiger partial charge in [0.15, 0.2) is 0 Å². The van der Waals surface area contributed by atoms with Crippen LogP contribution in [0.3, 0.4) is 0 Å². The zero-order valence-electron chi connectivity index (χ0n) is 10.1. The van der Waals surface area contributed by atoms with Gasteiger partial charge in [-0.15, -0.1) is 11.3 Å². The number of aliphatic hydroxyl groups is 1. The number of halogens is 1. The lowest BCUT2D eigenvalue weighted by Crippen LogP contribution is -2.40. The average Bonchev–Trinajstić information content (AvgIpc) is 2.57. The minimum atomic E-state index is 0.177.